The lowest BCUT2D eigenvalue weighted by Crippen LogP contribution is -2.31. The number of halogens is 1. The van der Waals surface area contributed by atoms with Crippen LogP contribution in [0.4, 0.5) is 4.39 Å². The molecule has 0 radical (unpaired) electrons. The van der Waals surface area contributed by atoms with E-state index in [9.17, 15) is 4.39 Å². The number of rotatable bonds is 4. The molecule has 0 amide bonds. The quantitative estimate of drug-likeness (QED) is 0.688. The first-order valence-electron chi connectivity index (χ1n) is 5.07. The summed E-state index contributed by atoms with van der Waals surface area (Å²) < 4.78 is 13.4. The van der Waals surface area contributed by atoms with Crippen LogP contribution in [0.25, 0.3) is 0 Å². The Kier molecular flexibility index (Phi) is 3.99. The average molecular weight is 173 g/mol. The first kappa shape index (κ1) is 9.97. The molecule has 0 aliphatic carbocycles. The summed E-state index contributed by atoms with van der Waals surface area (Å²) in [4.78, 5) is 0. The second-order valence-electron chi connectivity index (χ2n) is 4.19. The van der Waals surface area contributed by atoms with E-state index >= 15 is 0 Å². The maximum Gasteiger partial charge on any atom is 0.115 e. The van der Waals surface area contributed by atoms with E-state index in [1.165, 1.54) is 0 Å². The molecular weight excluding hydrogens is 153 g/mol. The first-order chi connectivity index (χ1) is 5.70. The van der Waals surface area contributed by atoms with E-state index in [4.69, 9.17) is 0 Å². The molecular formula is C10H20FN. The van der Waals surface area contributed by atoms with Gasteiger partial charge in [0.1, 0.15) is 6.17 Å². The molecule has 2 unspecified atom stereocenters. The van der Waals surface area contributed by atoms with E-state index in [1.807, 2.05) is 0 Å². The minimum Gasteiger partial charge on any atom is -0.311 e. The van der Waals surface area contributed by atoms with Crippen LogP contribution in [0.1, 0.15) is 39.5 Å². The lowest BCUT2D eigenvalue weighted by Gasteiger charge is -2.16. The van der Waals surface area contributed by atoms with Crippen molar-refractivity contribution in [3.05, 3.63) is 0 Å². The van der Waals surface area contributed by atoms with Gasteiger partial charge in [-0.25, -0.2) is 4.39 Å². The van der Waals surface area contributed by atoms with Gasteiger partial charge in [0.05, 0.1) is 0 Å². The van der Waals surface area contributed by atoms with Crippen LogP contribution in [-0.2, 0) is 0 Å². The van der Waals surface area contributed by atoms with Gasteiger partial charge in [-0.2, -0.15) is 0 Å². The van der Waals surface area contributed by atoms with Crippen LogP contribution in [0, 0.1) is 5.92 Å². The van der Waals surface area contributed by atoms with E-state index in [1.54, 1.807) is 0 Å². The smallest absolute Gasteiger partial charge is 0.115 e. The molecule has 1 aliphatic heterocycles. The van der Waals surface area contributed by atoms with Crippen LogP contribution in [0.2, 0.25) is 0 Å². The zero-order valence-corrected chi connectivity index (χ0v) is 8.15. The third kappa shape index (κ3) is 3.10. The summed E-state index contributed by atoms with van der Waals surface area (Å²) in [6.07, 6.45) is 3.30. The lowest BCUT2D eigenvalue weighted by atomic mass is 10.0. The Morgan fingerprint density at radius 1 is 1.42 bits per heavy atom. The number of alkyl halides is 1. The summed E-state index contributed by atoms with van der Waals surface area (Å²) in [5.74, 6) is 0.629. The number of nitrogens with one attached hydrogen (secondary N) is 1. The Hall–Kier alpha value is -0.110. The highest BCUT2D eigenvalue weighted by atomic mass is 19.1. The SMILES string of the molecule is CC(C)CCC(F)C1CCCN1. The topological polar surface area (TPSA) is 12.0 Å². The molecule has 0 aromatic heterocycles. The monoisotopic (exact) mass is 173 g/mol. The van der Waals surface area contributed by atoms with Gasteiger partial charge < -0.3 is 5.32 Å². The van der Waals surface area contributed by atoms with Crippen molar-refractivity contribution in [1.29, 1.82) is 0 Å². The van der Waals surface area contributed by atoms with Gasteiger partial charge in [0.2, 0.25) is 0 Å². The van der Waals surface area contributed by atoms with Gasteiger partial charge >= 0.3 is 0 Å². The second kappa shape index (κ2) is 4.80. The van der Waals surface area contributed by atoms with Crippen molar-refractivity contribution in [3.63, 3.8) is 0 Å². The van der Waals surface area contributed by atoms with Crippen molar-refractivity contribution < 1.29 is 4.39 Å². The van der Waals surface area contributed by atoms with Gasteiger partial charge in [0, 0.05) is 6.04 Å². The highest BCUT2D eigenvalue weighted by molar-refractivity contribution is 4.81. The van der Waals surface area contributed by atoms with Gasteiger partial charge in [0.15, 0.2) is 0 Å². The van der Waals surface area contributed by atoms with E-state index in [0.29, 0.717) is 5.92 Å². The number of hydrogen-bond donors (Lipinski definition) is 1. The molecule has 1 heterocycles. The summed E-state index contributed by atoms with van der Waals surface area (Å²) in [6.45, 7) is 5.30. The summed E-state index contributed by atoms with van der Waals surface area (Å²) >= 11 is 0. The molecule has 0 aromatic carbocycles. The Bertz CT molecular complexity index is 119. The van der Waals surface area contributed by atoms with Crippen LogP contribution >= 0.6 is 0 Å². The zero-order valence-electron chi connectivity index (χ0n) is 8.15. The van der Waals surface area contributed by atoms with Crippen molar-refractivity contribution in [3.8, 4) is 0 Å². The standard InChI is InChI=1S/C10H20FN/c1-8(2)5-6-9(11)10-4-3-7-12-10/h8-10,12H,3-7H2,1-2H3. The molecule has 0 spiro atoms. The van der Waals surface area contributed by atoms with Crippen molar-refractivity contribution in [1.82, 2.24) is 5.32 Å². The molecule has 1 saturated heterocycles. The third-order valence-electron chi connectivity index (χ3n) is 2.55. The van der Waals surface area contributed by atoms with Gasteiger partial charge in [0.25, 0.3) is 0 Å². The van der Waals surface area contributed by atoms with E-state index < -0.39 is 6.17 Å². The highest BCUT2D eigenvalue weighted by Crippen LogP contribution is 2.18. The van der Waals surface area contributed by atoms with Crippen LogP contribution in [-0.4, -0.2) is 18.8 Å². The Labute approximate surface area is 74.7 Å². The fourth-order valence-corrected chi connectivity index (χ4v) is 1.71. The van der Waals surface area contributed by atoms with Gasteiger partial charge in [-0.15, -0.1) is 0 Å². The minimum absolute atomic E-state index is 0.156. The van der Waals surface area contributed by atoms with Gasteiger partial charge in [-0.05, 0) is 38.1 Å². The van der Waals surface area contributed by atoms with E-state index in [-0.39, 0.29) is 6.04 Å². The molecule has 0 bridgehead atoms. The van der Waals surface area contributed by atoms with E-state index in [0.717, 1.165) is 32.2 Å². The summed E-state index contributed by atoms with van der Waals surface area (Å²) in [7, 11) is 0. The fourth-order valence-electron chi connectivity index (χ4n) is 1.71. The van der Waals surface area contributed by atoms with Gasteiger partial charge in [-0.3, -0.25) is 0 Å². The van der Waals surface area contributed by atoms with Crippen molar-refractivity contribution in [2.24, 2.45) is 5.92 Å². The maximum absolute atomic E-state index is 13.4. The van der Waals surface area contributed by atoms with Crippen molar-refractivity contribution in [2.75, 3.05) is 6.54 Å². The predicted molar refractivity (Wildman–Crippen MR) is 50.0 cm³/mol. The second-order valence-corrected chi connectivity index (χ2v) is 4.19. The van der Waals surface area contributed by atoms with Crippen LogP contribution < -0.4 is 5.32 Å². The van der Waals surface area contributed by atoms with Crippen LogP contribution in [0.5, 0.6) is 0 Å². The molecule has 1 aliphatic rings. The molecule has 1 fully saturated rings. The highest BCUT2D eigenvalue weighted by Gasteiger charge is 2.23. The van der Waals surface area contributed by atoms with Crippen LogP contribution in [0.15, 0.2) is 0 Å². The molecule has 2 atom stereocenters. The molecule has 1 nitrogen and oxygen atoms in total. The maximum atomic E-state index is 13.4. The third-order valence-corrected chi connectivity index (χ3v) is 2.55. The van der Waals surface area contributed by atoms with Crippen molar-refractivity contribution >= 4 is 0 Å². The molecule has 72 valence electrons. The molecule has 0 aromatic rings. The molecule has 0 saturated carbocycles. The normalized spacial score (nSPS) is 26.5. The first-order valence-corrected chi connectivity index (χ1v) is 5.07. The molecule has 2 heteroatoms. The van der Waals surface area contributed by atoms with E-state index in [2.05, 4.69) is 19.2 Å². The zero-order chi connectivity index (χ0) is 8.97. The molecule has 1 rings (SSSR count). The van der Waals surface area contributed by atoms with Crippen molar-refractivity contribution in [2.45, 2.75) is 51.7 Å². The Morgan fingerprint density at radius 2 is 2.17 bits per heavy atom. The molecule has 12 heavy (non-hydrogen) atoms. The Balaban J connectivity index is 2.13. The minimum atomic E-state index is -0.616. The number of hydrogen-bond acceptors (Lipinski definition) is 1. The summed E-state index contributed by atoms with van der Waals surface area (Å²) in [6, 6.07) is 0.156. The largest absolute Gasteiger partial charge is 0.311 e. The molecule has 1 N–H and O–H groups in total. The Morgan fingerprint density at radius 3 is 2.67 bits per heavy atom. The average Bonchev–Trinajstić information content (AvgIpc) is 2.51. The predicted octanol–water partition coefficient (Wildman–Crippen LogP) is 2.51. The lowest BCUT2D eigenvalue weighted by molar-refractivity contribution is 0.237. The summed E-state index contributed by atoms with van der Waals surface area (Å²) in [5, 5.41) is 3.21. The fraction of sp³-hybridized carbons (Fsp3) is 1.00. The van der Waals surface area contributed by atoms with Crippen LogP contribution in [0.3, 0.4) is 0 Å². The summed E-state index contributed by atoms with van der Waals surface area (Å²) in [5.41, 5.74) is 0. The van der Waals surface area contributed by atoms with Gasteiger partial charge in [-0.1, -0.05) is 13.8 Å².